The summed E-state index contributed by atoms with van der Waals surface area (Å²) in [5, 5.41) is 0. The van der Waals surface area contributed by atoms with Crippen LogP contribution in [-0.4, -0.2) is 21.2 Å². The topological polar surface area (TPSA) is 69.6 Å². The Morgan fingerprint density at radius 1 is 1.31 bits per heavy atom. The number of carbonyl (C=O) groups excluding carboxylic acids is 1. The molecule has 0 aliphatic carbocycles. The molecule has 26 heavy (non-hydrogen) atoms. The van der Waals surface area contributed by atoms with Crippen molar-refractivity contribution in [2.45, 2.75) is 27.0 Å². The summed E-state index contributed by atoms with van der Waals surface area (Å²) in [6.07, 6.45) is 0.737. The van der Waals surface area contributed by atoms with Gasteiger partial charge in [-0.15, -0.1) is 0 Å². The predicted molar refractivity (Wildman–Crippen MR) is 99.6 cm³/mol. The Kier molecular flexibility index (Phi) is 4.03. The number of imidazole rings is 1. The molecule has 0 saturated carbocycles. The molecule has 0 bridgehead atoms. The van der Waals surface area contributed by atoms with Gasteiger partial charge in [-0.2, -0.15) is 0 Å². The number of ether oxygens (including phenoxy) is 1. The van der Waals surface area contributed by atoms with Crippen molar-refractivity contribution in [1.29, 1.82) is 0 Å². The zero-order valence-corrected chi connectivity index (χ0v) is 16.1. The molecule has 2 aromatic heterocycles. The number of hydrogen-bond acceptors (Lipinski definition) is 5. The fraction of sp³-hybridized carbons (Fsp3) is 0.211. The van der Waals surface area contributed by atoms with Gasteiger partial charge in [-0.3, -0.25) is 9.36 Å². The van der Waals surface area contributed by atoms with Crippen LogP contribution in [0.3, 0.4) is 0 Å². The largest absolute Gasteiger partial charge is 0.463 e. The lowest BCUT2D eigenvalue weighted by Gasteiger charge is -2.14. The highest BCUT2D eigenvalue weighted by Crippen LogP contribution is 2.34. The van der Waals surface area contributed by atoms with Crippen molar-refractivity contribution in [1.82, 2.24) is 9.55 Å². The highest BCUT2D eigenvalue weighted by atomic mass is 79.9. The second-order valence-electron chi connectivity index (χ2n) is 6.05. The third-order valence-corrected chi connectivity index (χ3v) is 4.82. The molecule has 0 fully saturated rings. The lowest BCUT2D eigenvalue weighted by Crippen LogP contribution is -2.12. The minimum absolute atomic E-state index is 0.422. The maximum Gasteiger partial charge on any atom is 0.304 e. The average molecular weight is 414 g/mol. The van der Waals surface area contributed by atoms with Gasteiger partial charge >= 0.3 is 5.97 Å². The number of aliphatic imine (C=N–C) groups is 1. The molecule has 0 spiro atoms. The third kappa shape index (κ3) is 2.68. The Labute approximate surface area is 158 Å². The Morgan fingerprint density at radius 2 is 2.12 bits per heavy atom. The van der Waals surface area contributed by atoms with Crippen LogP contribution >= 0.6 is 15.9 Å². The molecule has 0 N–H and O–H groups in total. The number of furan rings is 1. The molecule has 0 radical (unpaired) electrons. The monoisotopic (exact) mass is 413 g/mol. The molecule has 1 aliphatic heterocycles. The number of nitrogens with zero attached hydrogens (tertiary/aromatic N) is 3. The van der Waals surface area contributed by atoms with E-state index in [0.717, 1.165) is 27.1 Å². The average Bonchev–Trinajstić information content (AvgIpc) is 3.18. The first-order valence-electron chi connectivity index (χ1n) is 8.10. The fourth-order valence-corrected chi connectivity index (χ4v) is 3.45. The Hall–Kier alpha value is -2.67. The van der Waals surface area contributed by atoms with Gasteiger partial charge in [-0.25, -0.2) is 9.98 Å². The van der Waals surface area contributed by atoms with Crippen molar-refractivity contribution in [2.75, 3.05) is 0 Å². The van der Waals surface area contributed by atoms with E-state index in [1.807, 2.05) is 42.7 Å². The summed E-state index contributed by atoms with van der Waals surface area (Å²) in [5.41, 5.74) is 4.22. The van der Waals surface area contributed by atoms with Crippen molar-refractivity contribution in [3.05, 3.63) is 69.6 Å². The van der Waals surface area contributed by atoms with Crippen molar-refractivity contribution in [2.24, 2.45) is 4.99 Å². The van der Waals surface area contributed by atoms with E-state index in [0.29, 0.717) is 17.3 Å². The number of hydrogen-bond donors (Lipinski definition) is 0. The van der Waals surface area contributed by atoms with Crippen molar-refractivity contribution in [3.8, 4) is 5.69 Å². The fourth-order valence-electron chi connectivity index (χ4n) is 3.09. The molecule has 1 aromatic carbocycles. The Morgan fingerprint density at radius 3 is 2.81 bits per heavy atom. The molecule has 1 aliphatic rings. The number of benzene rings is 1. The van der Waals surface area contributed by atoms with Gasteiger partial charge in [0.05, 0.1) is 17.6 Å². The van der Waals surface area contributed by atoms with E-state index in [2.05, 4.69) is 20.9 Å². The molecule has 1 unspecified atom stereocenters. The molecule has 0 saturated heterocycles. The van der Waals surface area contributed by atoms with Crippen LogP contribution in [0.4, 0.5) is 0 Å². The molecule has 132 valence electrons. The zero-order chi connectivity index (χ0) is 18.4. The highest BCUT2D eigenvalue weighted by Gasteiger charge is 2.31. The van der Waals surface area contributed by atoms with Gasteiger partial charge < -0.3 is 9.15 Å². The van der Waals surface area contributed by atoms with Gasteiger partial charge in [-0.1, -0.05) is 15.9 Å². The SMILES string of the molecule is CC(=O)OC1N=C(c2ccco2)c2cc(Br)ccc2-n2c1nc(C)c2C. The van der Waals surface area contributed by atoms with E-state index < -0.39 is 12.2 Å². The summed E-state index contributed by atoms with van der Waals surface area (Å²) in [5.74, 6) is 0.747. The lowest BCUT2D eigenvalue weighted by atomic mass is 10.1. The van der Waals surface area contributed by atoms with Gasteiger partial charge in [-0.05, 0) is 44.2 Å². The number of esters is 1. The molecule has 0 amide bonds. The summed E-state index contributed by atoms with van der Waals surface area (Å²) in [6.45, 7) is 5.28. The summed E-state index contributed by atoms with van der Waals surface area (Å²) in [7, 11) is 0. The maximum absolute atomic E-state index is 11.7. The zero-order valence-electron chi connectivity index (χ0n) is 14.5. The molecule has 3 aromatic rings. The van der Waals surface area contributed by atoms with E-state index in [1.54, 1.807) is 12.3 Å². The predicted octanol–water partition coefficient (Wildman–Crippen LogP) is 4.26. The van der Waals surface area contributed by atoms with E-state index >= 15 is 0 Å². The number of halogens is 1. The quantitative estimate of drug-likeness (QED) is 0.588. The van der Waals surface area contributed by atoms with Gasteiger partial charge in [0.1, 0.15) is 5.71 Å². The molecule has 1 atom stereocenters. The summed E-state index contributed by atoms with van der Waals surface area (Å²) in [4.78, 5) is 21.0. The first-order chi connectivity index (χ1) is 12.5. The summed E-state index contributed by atoms with van der Waals surface area (Å²) in [6, 6.07) is 9.57. The molecule has 6 nitrogen and oxygen atoms in total. The standard InChI is InChI=1S/C19H16BrN3O3/c1-10-11(2)23-15-7-6-13(20)9-14(15)17(16-5-4-8-25-16)22-19(18(23)21-10)26-12(3)24/h4-9,19H,1-3H3. The molecule has 7 heteroatoms. The van der Waals surface area contributed by atoms with Crippen LogP contribution in [0, 0.1) is 13.8 Å². The van der Waals surface area contributed by atoms with Gasteiger partial charge in [0.2, 0.25) is 0 Å². The molecular weight excluding hydrogens is 398 g/mol. The van der Waals surface area contributed by atoms with Crippen molar-refractivity contribution < 1.29 is 13.9 Å². The lowest BCUT2D eigenvalue weighted by molar-refractivity contribution is -0.146. The maximum atomic E-state index is 11.7. The van der Waals surface area contributed by atoms with Crippen LogP contribution in [0.2, 0.25) is 0 Å². The summed E-state index contributed by atoms with van der Waals surface area (Å²) >= 11 is 3.53. The van der Waals surface area contributed by atoms with Crippen LogP contribution in [0.25, 0.3) is 5.69 Å². The summed E-state index contributed by atoms with van der Waals surface area (Å²) < 4.78 is 14.0. The van der Waals surface area contributed by atoms with Crippen molar-refractivity contribution in [3.63, 3.8) is 0 Å². The van der Waals surface area contributed by atoms with E-state index in [9.17, 15) is 4.79 Å². The van der Waals surface area contributed by atoms with E-state index in [4.69, 9.17) is 14.1 Å². The van der Waals surface area contributed by atoms with Crippen LogP contribution in [0.15, 0.2) is 50.5 Å². The Bertz CT molecular complexity index is 1030. The molecular formula is C19H16BrN3O3. The van der Waals surface area contributed by atoms with Gasteiger partial charge in [0.25, 0.3) is 6.23 Å². The van der Waals surface area contributed by atoms with Crippen LogP contribution in [0.1, 0.15) is 41.7 Å². The normalized spacial score (nSPS) is 15.7. The van der Waals surface area contributed by atoms with Crippen molar-refractivity contribution >= 4 is 27.6 Å². The highest BCUT2D eigenvalue weighted by molar-refractivity contribution is 9.10. The van der Waals surface area contributed by atoms with Gasteiger partial charge in [0.15, 0.2) is 11.6 Å². The molecule has 3 heterocycles. The van der Waals surface area contributed by atoms with Crippen LogP contribution < -0.4 is 0 Å². The first kappa shape index (κ1) is 16.8. The second kappa shape index (κ2) is 6.25. The van der Waals surface area contributed by atoms with Crippen LogP contribution in [-0.2, 0) is 9.53 Å². The smallest absolute Gasteiger partial charge is 0.304 e. The number of aromatic nitrogens is 2. The first-order valence-corrected chi connectivity index (χ1v) is 8.90. The Balaban J connectivity index is 2.06. The third-order valence-electron chi connectivity index (χ3n) is 4.32. The molecule has 4 rings (SSSR count). The number of rotatable bonds is 2. The van der Waals surface area contributed by atoms with E-state index in [-0.39, 0.29) is 0 Å². The number of carbonyl (C=O) groups is 1. The second-order valence-corrected chi connectivity index (χ2v) is 6.97. The number of aryl methyl sites for hydroxylation is 1. The van der Waals surface area contributed by atoms with Crippen LogP contribution in [0.5, 0.6) is 0 Å². The minimum Gasteiger partial charge on any atom is -0.463 e. The van der Waals surface area contributed by atoms with Gasteiger partial charge in [0, 0.05) is 22.7 Å². The number of fused-ring (bicyclic) bond motifs is 3. The minimum atomic E-state index is -0.855. The van der Waals surface area contributed by atoms with E-state index in [1.165, 1.54) is 6.92 Å².